The van der Waals surface area contributed by atoms with Crippen LogP contribution in [0.3, 0.4) is 0 Å². The van der Waals surface area contributed by atoms with Gasteiger partial charge in [-0.1, -0.05) is 67.1 Å². The first-order valence-electron chi connectivity index (χ1n) is 14.8. The van der Waals surface area contributed by atoms with E-state index in [1.807, 2.05) is 66.5 Å². The first-order valence-corrected chi connectivity index (χ1v) is 15.2. The number of carbonyl (C=O) groups excluding carboxylic acids is 2. The molecule has 8 heteroatoms. The molecule has 4 N–H and O–H groups in total. The molecule has 7 nitrogen and oxygen atoms in total. The largest absolute Gasteiger partial charge is 0.387 e. The van der Waals surface area contributed by atoms with Crippen LogP contribution in [0.25, 0.3) is 11.1 Å². The van der Waals surface area contributed by atoms with Crippen molar-refractivity contribution in [1.29, 1.82) is 0 Å². The Morgan fingerprint density at radius 1 is 1.07 bits per heavy atom. The number of piperidine rings is 1. The molecule has 1 heterocycles. The Morgan fingerprint density at radius 2 is 1.83 bits per heavy atom. The normalized spacial score (nSPS) is 16.6. The van der Waals surface area contributed by atoms with Crippen LogP contribution in [-0.4, -0.2) is 60.2 Å². The third-order valence-corrected chi connectivity index (χ3v) is 8.59. The van der Waals surface area contributed by atoms with Crippen molar-refractivity contribution >= 4 is 23.4 Å². The molecule has 0 spiro atoms. The lowest BCUT2D eigenvalue weighted by Gasteiger charge is -2.44. The van der Waals surface area contributed by atoms with Crippen molar-refractivity contribution in [3.05, 3.63) is 94.0 Å². The lowest BCUT2D eigenvalue weighted by atomic mass is 9.72. The van der Waals surface area contributed by atoms with Crippen molar-refractivity contribution in [2.24, 2.45) is 5.92 Å². The minimum Gasteiger partial charge on any atom is -0.387 e. The van der Waals surface area contributed by atoms with Gasteiger partial charge in [0.2, 0.25) is 5.91 Å². The molecule has 1 saturated heterocycles. The van der Waals surface area contributed by atoms with Crippen molar-refractivity contribution in [2.75, 3.05) is 33.3 Å². The van der Waals surface area contributed by atoms with Gasteiger partial charge in [0.1, 0.15) is 6.61 Å². The fraction of sp³-hybridized carbons (Fsp3) is 0.412. The van der Waals surface area contributed by atoms with Gasteiger partial charge in [-0.2, -0.15) is 0 Å². The summed E-state index contributed by atoms with van der Waals surface area (Å²) in [6.07, 6.45) is 3.22. The highest BCUT2D eigenvalue weighted by molar-refractivity contribution is 6.33. The van der Waals surface area contributed by atoms with Crippen molar-refractivity contribution < 1.29 is 19.8 Å². The second-order valence-electron chi connectivity index (χ2n) is 11.1. The first-order chi connectivity index (χ1) is 20.3. The summed E-state index contributed by atoms with van der Waals surface area (Å²) in [5.41, 5.74) is 4.05. The predicted molar refractivity (Wildman–Crippen MR) is 167 cm³/mol. The van der Waals surface area contributed by atoms with E-state index in [0.29, 0.717) is 43.1 Å². The van der Waals surface area contributed by atoms with Crippen molar-refractivity contribution in [2.45, 2.75) is 51.2 Å². The number of aliphatic hydroxyl groups excluding tert-OH is 1. The fourth-order valence-corrected chi connectivity index (χ4v) is 6.31. The smallest absolute Gasteiger partial charge is 0.253 e. The minimum absolute atomic E-state index is 0.0461. The number of hydrogen-bond acceptors (Lipinski definition) is 5. The number of nitrogens with zero attached hydrogens (tertiary/aromatic N) is 1. The monoisotopic (exact) mass is 591 g/mol. The van der Waals surface area contributed by atoms with Crippen LogP contribution in [0.4, 0.5) is 0 Å². The van der Waals surface area contributed by atoms with Gasteiger partial charge >= 0.3 is 0 Å². The Morgan fingerprint density at radius 3 is 2.55 bits per heavy atom. The zero-order valence-corrected chi connectivity index (χ0v) is 25.3. The average molecular weight is 592 g/mol. The minimum atomic E-state index is -1.32. The molecule has 0 aliphatic carbocycles. The lowest BCUT2D eigenvalue weighted by molar-refractivity contribution is -0.123. The standard InChI is InChI=1S/C34H42ClN3O4/c1-3-24-8-4-9-27(20-24)32-29(11-5-12-30(32)35)34(42,17-7-18-37-31(40)23-39)28-10-6-19-38(22-28)33(41)26-15-13-25(14-16-26)21-36-2/h4-5,8-9,11-16,20,28,36,39,42H,3,6-7,10,17-19,21-23H2,1-2H3,(H,37,40)/t28?,34-/m1/s1. The van der Waals surface area contributed by atoms with Gasteiger partial charge in [0.15, 0.2) is 0 Å². The number of halogens is 1. The third-order valence-electron chi connectivity index (χ3n) is 8.27. The second kappa shape index (κ2) is 14.8. The number of rotatable bonds is 12. The van der Waals surface area contributed by atoms with Crippen LogP contribution in [0.2, 0.25) is 5.02 Å². The van der Waals surface area contributed by atoms with E-state index in [0.717, 1.165) is 48.1 Å². The topological polar surface area (TPSA) is 102 Å². The van der Waals surface area contributed by atoms with Gasteiger partial charge in [-0.05, 0) is 79.6 Å². The Balaban J connectivity index is 1.69. The van der Waals surface area contributed by atoms with E-state index in [1.54, 1.807) is 0 Å². The molecular weight excluding hydrogens is 550 g/mol. The summed E-state index contributed by atoms with van der Waals surface area (Å²) in [5, 5.41) is 28.2. The van der Waals surface area contributed by atoms with Crippen LogP contribution >= 0.6 is 11.6 Å². The summed E-state index contributed by atoms with van der Waals surface area (Å²) in [6.45, 7) is 3.60. The fourth-order valence-electron chi connectivity index (χ4n) is 6.03. The van der Waals surface area contributed by atoms with Crippen LogP contribution in [0.15, 0.2) is 66.7 Å². The number of aliphatic hydroxyl groups is 2. The summed E-state index contributed by atoms with van der Waals surface area (Å²) in [6, 6.07) is 21.5. The average Bonchev–Trinajstić information content (AvgIpc) is 3.03. The van der Waals surface area contributed by atoms with Gasteiger partial charge in [0.05, 0.1) is 5.60 Å². The maximum Gasteiger partial charge on any atom is 0.253 e. The number of benzene rings is 3. The zero-order chi connectivity index (χ0) is 30.1. The molecule has 1 unspecified atom stereocenters. The highest BCUT2D eigenvalue weighted by atomic mass is 35.5. The van der Waals surface area contributed by atoms with Gasteiger partial charge < -0.3 is 25.7 Å². The van der Waals surface area contributed by atoms with E-state index in [2.05, 4.69) is 29.7 Å². The van der Waals surface area contributed by atoms with Crippen molar-refractivity contribution in [3.8, 4) is 11.1 Å². The van der Waals surface area contributed by atoms with Crippen LogP contribution in [0.1, 0.15) is 59.7 Å². The van der Waals surface area contributed by atoms with Gasteiger partial charge in [0, 0.05) is 48.2 Å². The zero-order valence-electron chi connectivity index (χ0n) is 24.5. The summed E-state index contributed by atoms with van der Waals surface area (Å²) < 4.78 is 0. The number of carbonyl (C=O) groups is 2. The van der Waals surface area contributed by atoms with E-state index in [9.17, 15) is 14.7 Å². The number of hydrogen-bond donors (Lipinski definition) is 4. The molecule has 0 bridgehead atoms. The summed E-state index contributed by atoms with van der Waals surface area (Å²) in [5.74, 6) is -0.748. The first kappa shape index (κ1) is 31.7. The Labute approximate surface area is 253 Å². The van der Waals surface area contributed by atoms with Crippen LogP contribution in [-0.2, 0) is 23.4 Å². The molecule has 0 radical (unpaired) electrons. The Bertz CT molecular complexity index is 1360. The summed E-state index contributed by atoms with van der Waals surface area (Å²) in [7, 11) is 1.89. The molecular formula is C34H42ClN3O4. The Kier molecular flexibility index (Phi) is 11.2. The maximum atomic E-state index is 13.6. The van der Waals surface area contributed by atoms with E-state index >= 15 is 0 Å². The van der Waals surface area contributed by atoms with Crippen LogP contribution in [0, 0.1) is 5.92 Å². The quantitative estimate of drug-likeness (QED) is 0.224. The number of likely N-dealkylation sites (tertiary alicyclic amines) is 1. The van der Waals surface area contributed by atoms with E-state index in [4.69, 9.17) is 16.7 Å². The van der Waals surface area contributed by atoms with E-state index < -0.39 is 18.1 Å². The molecule has 1 aliphatic heterocycles. The number of amides is 2. The predicted octanol–water partition coefficient (Wildman–Crippen LogP) is 4.92. The number of aryl methyl sites for hydroxylation is 1. The molecule has 0 aromatic heterocycles. The molecule has 1 fully saturated rings. The summed E-state index contributed by atoms with van der Waals surface area (Å²) >= 11 is 6.86. The molecule has 42 heavy (non-hydrogen) atoms. The highest BCUT2D eigenvalue weighted by Crippen LogP contribution is 2.45. The molecule has 3 aromatic carbocycles. The Hall–Kier alpha value is -3.23. The summed E-state index contributed by atoms with van der Waals surface area (Å²) in [4.78, 5) is 27.1. The van der Waals surface area contributed by atoms with Crippen LogP contribution < -0.4 is 10.6 Å². The second-order valence-corrected chi connectivity index (χ2v) is 11.5. The maximum absolute atomic E-state index is 13.6. The van der Waals surface area contributed by atoms with Gasteiger partial charge in [-0.3, -0.25) is 9.59 Å². The molecule has 2 amide bonds. The molecule has 0 saturated carbocycles. The lowest BCUT2D eigenvalue weighted by Crippen LogP contribution is -2.48. The van der Waals surface area contributed by atoms with Crippen LogP contribution in [0.5, 0.6) is 0 Å². The van der Waals surface area contributed by atoms with Gasteiger partial charge in [-0.15, -0.1) is 0 Å². The molecule has 1 aliphatic rings. The van der Waals surface area contributed by atoms with E-state index in [-0.39, 0.29) is 11.8 Å². The van der Waals surface area contributed by atoms with E-state index in [1.165, 1.54) is 5.56 Å². The van der Waals surface area contributed by atoms with Gasteiger partial charge in [0.25, 0.3) is 5.91 Å². The molecule has 2 atom stereocenters. The molecule has 4 rings (SSSR count). The van der Waals surface area contributed by atoms with Crippen molar-refractivity contribution in [1.82, 2.24) is 15.5 Å². The van der Waals surface area contributed by atoms with Crippen molar-refractivity contribution in [3.63, 3.8) is 0 Å². The SMILES string of the molecule is CCc1cccc(-c2c(Cl)cccc2[C@@](O)(CCCNC(=O)CO)C2CCCN(C(=O)c3ccc(CNC)cc3)C2)c1. The molecule has 3 aromatic rings. The highest BCUT2D eigenvalue weighted by Gasteiger charge is 2.43. The third kappa shape index (κ3) is 7.39. The molecule has 224 valence electrons. The van der Waals surface area contributed by atoms with Gasteiger partial charge in [-0.25, -0.2) is 0 Å². The number of nitrogens with one attached hydrogen (secondary N) is 2.